The van der Waals surface area contributed by atoms with Crippen molar-refractivity contribution in [1.82, 2.24) is 10.2 Å². The highest BCUT2D eigenvalue weighted by Crippen LogP contribution is 2.27. The first-order chi connectivity index (χ1) is 7.68. The molecular formula is C14H28N2O. The van der Waals surface area contributed by atoms with Gasteiger partial charge in [-0.15, -0.1) is 0 Å². The Balaban J connectivity index is 2.75. The van der Waals surface area contributed by atoms with E-state index in [0.29, 0.717) is 0 Å². The van der Waals surface area contributed by atoms with Gasteiger partial charge in [-0.1, -0.05) is 20.8 Å². The number of piperidine rings is 1. The molecule has 3 nitrogen and oxygen atoms in total. The van der Waals surface area contributed by atoms with Crippen molar-refractivity contribution in [3.63, 3.8) is 0 Å². The predicted octanol–water partition coefficient (Wildman–Crippen LogP) is 2.41. The third-order valence-corrected chi connectivity index (χ3v) is 4.25. The van der Waals surface area contributed by atoms with E-state index < -0.39 is 0 Å². The molecule has 1 aliphatic rings. The minimum absolute atomic E-state index is 0.120. The van der Waals surface area contributed by atoms with Crippen molar-refractivity contribution in [3.8, 4) is 0 Å². The highest BCUT2D eigenvalue weighted by atomic mass is 16.2. The van der Waals surface area contributed by atoms with Gasteiger partial charge in [-0.25, -0.2) is 0 Å². The van der Waals surface area contributed by atoms with Crippen molar-refractivity contribution in [2.24, 2.45) is 5.41 Å². The molecule has 0 aromatic carbocycles. The average molecular weight is 240 g/mol. The normalized spacial score (nSPS) is 27.6. The van der Waals surface area contributed by atoms with Gasteiger partial charge in [0.05, 0.1) is 5.54 Å². The first-order valence-corrected chi connectivity index (χ1v) is 6.71. The number of hydrogen-bond acceptors (Lipinski definition) is 2. The maximum Gasteiger partial charge on any atom is 0.242 e. The molecule has 0 radical (unpaired) electrons. The molecule has 1 aliphatic heterocycles. The van der Waals surface area contributed by atoms with Gasteiger partial charge in [0.2, 0.25) is 5.91 Å². The van der Waals surface area contributed by atoms with Crippen LogP contribution >= 0.6 is 0 Å². The zero-order valence-electron chi connectivity index (χ0n) is 12.3. The Morgan fingerprint density at radius 1 is 1.35 bits per heavy atom. The van der Waals surface area contributed by atoms with Crippen molar-refractivity contribution in [2.75, 3.05) is 13.6 Å². The van der Waals surface area contributed by atoms with Gasteiger partial charge in [-0.05, 0) is 45.1 Å². The molecule has 2 unspecified atom stereocenters. The Hall–Kier alpha value is -0.570. The van der Waals surface area contributed by atoms with Crippen molar-refractivity contribution in [2.45, 2.75) is 65.5 Å². The second-order valence-electron chi connectivity index (χ2n) is 6.67. The Labute approximate surface area is 106 Å². The summed E-state index contributed by atoms with van der Waals surface area (Å²) in [5.74, 6) is 0.236. The zero-order chi connectivity index (χ0) is 13.3. The van der Waals surface area contributed by atoms with Gasteiger partial charge in [0.1, 0.15) is 0 Å². The van der Waals surface area contributed by atoms with Crippen LogP contribution in [0.15, 0.2) is 0 Å². The number of rotatable bonds is 2. The molecule has 1 fully saturated rings. The van der Waals surface area contributed by atoms with Crippen LogP contribution in [0.3, 0.4) is 0 Å². The molecule has 1 rings (SSSR count). The van der Waals surface area contributed by atoms with E-state index in [9.17, 15) is 4.79 Å². The van der Waals surface area contributed by atoms with Gasteiger partial charge in [-0.3, -0.25) is 4.79 Å². The Morgan fingerprint density at radius 2 is 1.94 bits per heavy atom. The lowest BCUT2D eigenvalue weighted by Crippen LogP contribution is -2.59. The molecule has 0 aromatic rings. The summed E-state index contributed by atoms with van der Waals surface area (Å²) in [6, 6.07) is 0.246. The molecule has 2 atom stereocenters. The fraction of sp³-hybridized carbons (Fsp3) is 0.929. The van der Waals surface area contributed by atoms with Crippen LogP contribution < -0.4 is 5.32 Å². The summed E-state index contributed by atoms with van der Waals surface area (Å²) in [7, 11) is 1.93. The largest absolute Gasteiger partial charge is 0.341 e. The zero-order valence-corrected chi connectivity index (χ0v) is 12.3. The van der Waals surface area contributed by atoms with Crippen LogP contribution in [0.2, 0.25) is 0 Å². The van der Waals surface area contributed by atoms with Crippen molar-refractivity contribution >= 4 is 5.91 Å². The molecule has 0 aliphatic carbocycles. The Kier molecular flexibility index (Phi) is 4.23. The summed E-state index contributed by atoms with van der Waals surface area (Å²) in [6.45, 7) is 11.7. The standard InChI is InChI=1S/C14H28N2O/c1-11(13(2,3)4)16(6)12(17)14(5)9-7-8-10-15-14/h11,15H,7-10H2,1-6H3. The first-order valence-electron chi connectivity index (χ1n) is 6.71. The topological polar surface area (TPSA) is 32.3 Å². The molecule has 1 amide bonds. The van der Waals surface area contributed by atoms with Crippen LogP contribution in [-0.4, -0.2) is 36.0 Å². The quantitative estimate of drug-likeness (QED) is 0.804. The molecule has 17 heavy (non-hydrogen) atoms. The second-order valence-corrected chi connectivity index (χ2v) is 6.67. The Bertz CT molecular complexity index is 274. The molecule has 1 saturated heterocycles. The lowest BCUT2D eigenvalue weighted by Gasteiger charge is -2.42. The monoisotopic (exact) mass is 240 g/mol. The van der Waals surface area contributed by atoms with Gasteiger partial charge in [0.25, 0.3) is 0 Å². The fourth-order valence-electron chi connectivity index (χ4n) is 2.38. The van der Waals surface area contributed by atoms with Gasteiger partial charge < -0.3 is 10.2 Å². The van der Waals surface area contributed by atoms with E-state index in [0.717, 1.165) is 19.4 Å². The second kappa shape index (κ2) is 4.97. The number of carbonyl (C=O) groups is 1. The van der Waals surface area contributed by atoms with Crippen LogP contribution in [0, 0.1) is 5.41 Å². The van der Waals surface area contributed by atoms with Crippen LogP contribution in [0.5, 0.6) is 0 Å². The fourth-order valence-corrected chi connectivity index (χ4v) is 2.38. The lowest BCUT2D eigenvalue weighted by molar-refractivity contribution is -0.141. The molecule has 100 valence electrons. The molecule has 1 heterocycles. The van der Waals surface area contributed by atoms with E-state index in [2.05, 4.69) is 33.0 Å². The third-order valence-electron chi connectivity index (χ3n) is 4.25. The first kappa shape index (κ1) is 14.5. The number of amides is 1. The number of nitrogens with one attached hydrogen (secondary N) is 1. The predicted molar refractivity (Wildman–Crippen MR) is 71.9 cm³/mol. The number of hydrogen-bond donors (Lipinski definition) is 1. The SMILES string of the molecule is CC(N(C)C(=O)C1(C)CCCCN1)C(C)(C)C. The molecular weight excluding hydrogens is 212 g/mol. The highest BCUT2D eigenvalue weighted by Gasteiger charge is 2.39. The molecule has 1 N–H and O–H groups in total. The summed E-state index contributed by atoms with van der Waals surface area (Å²) >= 11 is 0. The maximum atomic E-state index is 12.6. The molecule has 0 spiro atoms. The van der Waals surface area contributed by atoms with Gasteiger partial charge in [0.15, 0.2) is 0 Å². The molecule has 0 aromatic heterocycles. The minimum Gasteiger partial charge on any atom is -0.341 e. The van der Waals surface area contributed by atoms with Crippen LogP contribution in [0.25, 0.3) is 0 Å². The van der Waals surface area contributed by atoms with Crippen LogP contribution in [0.4, 0.5) is 0 Å². The number of likely N-dealkylation sites (N-methyl/N-ethyl adjacent to an activating group) is 1. The number of carbonyl (C=O) groups excluding carboxylic acids is 1. The average Bonchev–Trinajstić information content (AvgIpc) is 2.26. The van der Waals surface area contributed by atoms with Crippen LogP contribution in [0.1, 0.15) is 53.9 Å². The molecule has 0 saturated carbocycles. The van der Waals surface area contributed by atoms with E-state index in [4.69, 9.17) is 0 Å². The van der Waals surface area contributed by atoms with Crippen molar-refractivity contribution < 1.29 is 4.79 Å². The van der Waals surface area contributed by atoms with Crippen molar-refractivity contribution in [3.05, 3.63) is 0 Å². The van der Waals surface area contributed by atoms with Gasteiger partial charge in [0, 0.05) is 13.1 Å². The van der Waals surface area contributed by atoms with E-state index >= 15 is 0 Å². The summed E-state index contributed by atoms with van der Waals surface area (Å²) in [6.07, 6.45) is 3.28. The summed E-state index contributed by atoms with van der Waals surface area (Å²) < 4.78 is 0. The highest BCUT2D eigenvalue weighted by molar-refractivity contribution is 5.86. The molecule has 3 heteroatoms. The Morgan fingerprint density at radius 3 is 2.35 bits per heavy atom. The summed E-state index contributed by atoms with van der Waals surface area (Å²) in [5, 5.41) is 3.39. The third kappa shape index (κ3) is 3.21. The molecule has 0 bridgehead atoms. The minimum atomic E-state index is -0.355. The van der Waals surface area contributed by atoms with E-state index in [-0.39, 0.29) is 22.9 Å². The summed E-state index contributed by atoms with van der Waals surface area (Å²) in [4.78, 5) is 14.5. The van der Waals surface area contributed by atoms with Crippen molar-refractivity contribution in [1.29, 1.82) is 0 Å². The smallest absolute Gasteiger partial charge is 0.242 e. The lowest BCUT2D eigenvalue weighted by atomic mass is 9.84. The van der Waals surface area contributed by atoms with E-state index in [1.54, 1.807) is 0 Å². The van der Waals surface area contributed by atoms with Crippen LogP contribution in [-0.2, 0) is 4.79 Å². The van der Waals surface area contributed by atoms with E-state index in [1.165, 1.54) is 6.42 Å². The maximum absolute atomic E-state index is 12.6. The summed E-state index contributed by atoms with van der Waals surface area (Å²) in [5.41, 5.74) is -0.234. The van der Waals surface area contributed by atoms with Gasteiger partial charge in [-0.2, -0.15) is 0 Å². The number of nitrogens with zero attached hydrogens (tertiary/aromatic N) is 1. The van der Waals surface area contributed by atoms with E-state index in [1.807, 2.05) is 18.9 Å². The van der Waals surface area contributed by atoms with Gasteiger partial charge >= 0.3 is 0 Å².